The summed E-state index contributed by atoms with van der Waals surface area (Å²) in [7, 11) is 0. The molecule has 0 saturated heterocycles. The summed E-state index contributed by atoms with van der Waals surface area (Å²) in [5.41, 5.74) is 7.92. The van der Waals surface area contributed by atoms with Crippen molar-refractivity contribution in [3.63, 3.8) is 0 Å². The molecule has 13 heavy (non-hydrogen) atoms. The lowest BCUT2D eigenvalue weighted by atomic mass is 10.3. The Balaban J connectivity index is 2.12. The van der Waals surface area contributed by atoms with Crippen molar-refractivity contribution < 1.29 is 0 Å². The molecule has 2 N–H and O–H groups in total. The van der Waals surface area contributed by atoms with Crippen molar-refractivity contribution in [2.24, 2.45) is 5.73 Å². The molecule has 1 aliphatic carbocycles. The molecule has 2 atom stereocenters. The van der Waals surface area contributed by atoms with Crippen molar-refractivity contribution >= 4 is 5.65 Å². The van der Waals surface area contributed by atoms with Gasteiger partial charge in [0.1, 0.15) is 5.65 Å². The summed E-state index contributed by atoms with van der Waals surface area (Å²) >= 11 is 0. The smallest absolute Gasteiger partial charge is 0.136 e. The van der Waals surface area contributed by atoms with Crippen molar-refractivity contribution in [1.82, 2.24) is 9.38 Å². The minimum Gasteiger partial charge on any atom is -0.327 e. The van der Waals surface area contributed by atoms with Crippen LogP contribution < -0.4 is 5.73 Å². The monoisotopic (exact) mass is 173 g/mol. The van der Waals surface area contributed by atoms with Gasteiger partial charge in [-0.3, -0.25) is 0 Å². The molecule has 2 heterocycles. The average Bonchev–Trinajstić information content (AvgIpc) is 2.74. The van der Waals surface area contributed by atoms with Crippen molar-refractivity contribution in [3.8, 4) is 0 Å². The van der Waals surface area contributed by atoms with E-state index in [4.69, 9.17) is 5.73 Å². The predicted molar refractivity (Wildman–Crippen MR) is 50.5 cm³/mol. The van der Waals surface area contributed by atoms with Crippen molar-refractivity contribution in [2.75, 3.05) is 0 Å². The van der Waals surface area contributed by atoms with E-state index in [1.807, 2.05) is 28.8 Å². The molecule has 3 rings (SSSR count). The van der Waals surface area contributed by atoms with Crippen LogP contribution in [-0.2, 0) is 0 Å². The zero-order chi connectivity index (χ0) is 8.84. The summed E-state index contributed by atoms with van der Waals surface area (Å²) in [5, 5.41) is 0. The van der Waals surface area contributed by atoms with Crippen LogP contribution in [0.5, 0.6) is 0 Å². The third-order valence-electron chi connectivity index (χ3n) is 2.60. The Labute approximate surface area is 76.2 Å². The highest BCUT2D eigenvalue weighted by atomic mass is 15.0. The normalized spacial score (nSPS) is 26.5. The topological polar surface area (TPSA) is 43.3 Å². The van der Waals surface area contributed by atoms with Gasteiger partial charge in [0.2, 0.25) is 0 Å². The zero-order valence-corrected chi connectivity index (χ0v) is 7.22. The molecule has 3 nitrogen and oxygen atoms in total. The molecule has 0 amide bonds. The summed E-state index contributed by atoms with van der Waals surface area (Å²) in [5.74, 6) is 0.500. The van der Waals surface area contributed by atoms with Crippen LogP contribution in [0.4, 0.5) is 0 Å². The van der Waals surface area contributed by atoms with Gasteiger partial charge >= 0.3 is 0 Å². The first-order chi connectivity index (χ1) is 6.34. The number of aromatic nitrogens is 2. The molecular formula is C10H11N3. The van der Waals surface area contributed by atoms with Crippen LogP contribution in [0.3, 0.4) is 0 Å². The Morgan fingerprint density at radius 2 is 2.31 bits per heavy atom. The summed E-state index contributed by atoms with van der Waals surface area (Å²) < 4.78 is 2.04. The van der Waals surface area contributed by atoms with Gasteiger partial charge in [0.25, 0.3) is 0 Å². The highest BCUT2D eigenvalue weighted by Crippen LogP contribution is 2.38. The number of hydrogen-bond acceptors (Lipinski definition) is 2. The number of nitrogens with two attached hydrogens (primary N) is 1. The number of nitrogens with zero attached hydrogens (tertiary/aromatic N) is 2. The Morgan fingerprint density at radius 3 is 3.00 bits per heavy atom. The molecule has 1 aliphatic rings. The fourth-order valence-electron chi connectivity index (χ4n) is 1.69. The van der Waals surface area contributed by atoms with Gasteiger partial charge < -0.3 is 10.1 Å². The minimum atomic E-state index is 0.338. The second-order valence-electron chi connectivity index (χ2n) is 3.64. The van der Waals surface area contributed by atoms with E-state index in [2.05, 4.69) is 11.2 Å². The van der Waals surface area contributed by atoms with E-state index >= 15 is 0 Å². The largest absolute Gasteiger partial charge is 0.327 e. The summed E-state index contributed by atoms with van der Waals surface area (Å²) in [6.07, 6.45) is 5.18. The summed E-state index contributed by atoms with van der Waals surface area (Å²) in [6.45, 7) is 0. The molecule has 2 aromatic heterocycles. The molecule has 0 aliphatic heterocycles. The molecule has 0 bridgehead atoms. The first kappa shape index (κ1) is 7.09. The third-order valence-corrected chi connectivity index (χ3v) is 2.60. The molecule has 0 aromatic carbocycles. The van der Waals surface area contributed by atoms with E-state index in [1.54, 1.807) is 0 Å². The second kappa shape index (κ2) is 2.33. The molecule has 66 valence electrons. The van der Waals surface area contributed by atoms with Crippen LogP contribution in [0.1, 0.15) is 18.0 Å². The SMILES string of the molecule is NC1CC1c1cn2ccccc2n1. The molecule has 1 fully saturated rings. The first-order valence-corrected chi connectivity index (χ1v) is 4.54. The summed E-state index contributed by atoms with van der Waals surface area (Å²) in [4.78, 5) is 4.51. The molecule has 1 saturated carbocycles. The average molecular weight is 173 g/mol. The lowest BCUT2D eigenvalue weighted by molar-refractivity contribution is 0.960. The predicted octanol–water partition coefficient (Wildman–Crippen LogP) is 1.15. The van der Waals surface area contributed by atoms with E-state index in [0.717, 1.165) is 17.8 Å². The molecule has 2 aromatic rings. The van der Waals surface area contributed by atoms with E-state index in [0.29, 0.717) is 12.0 Å². The third kappa shape index (κ3) is 1.04. The Kier molecular flexibility index (Phi) is 1.27. The lowest BCUT2D eigenvalue weighted by Crippen LogP contribution is -2.00. The van der Waals surface area contributed by atoms with Crippen molar-refractivity contribution in [1.29, 1.82) is 0 Å². The van der Waals surface area contributed by atoms with Crippen LogP contribution in [0, 0.1) is 0 Å². The maximum absolute atomic E-state index is 5.77. The number of pyridine rings is 1. The van der Waals surface area contributed by atoms with Gasteiger partial charge in [0.05, 0.1) is 5.69 Å². The van der Waals surface area contributed by atoms with E-state index in [1.165, 1.54) is 0 Å². The van der Waals surface area contributed by atoms with Gasteiger partial charge in [-0.2, -0.15) is 0 Å². The maximum atomic E-state index is 5.77. The first-order valence-electron chi connectivity index (χ1n) is 4.54. The minimum absolute atomic E-state index is 0.338. The number of fused-ring (bicyclic) bond motifs is 1. The highest BCUT2D eigenvalue weighted by molar-refractivity contribution is 5.41. The van der Waals surface area contributed by atoms with E-state index in [-0.39, 0.29) is 0 Å². The number of imidazole rings is 1. The fourth-order valence-corrected chi connectivity index (χ4v) is 1.69. The van der Waals surface area contributed by atoms with Crippen molar-refractivity contribution in [3.05, 3.63) is 36.3 Å². The standard InChI is InChI=1S/C10H11N3/c11-8-5-7(8)9-6-13-4-2-1-3-10(13)12-9/h1-4,6-8H,5,11H2. The van der Waals surface area contributed by atoms with Gasteiger partial charge in [-0.15, -0.1) is 0 Å². The van der Waals surface area contributed by atoms with Gasteiger partial charge in [-0.05, 0) is 18.6 Å². The molecule has 0 radical (unpaired) electrons. The van der Waals surface area contributed by atoms with Gasteiger partial charge in [0, 0.05) is 24.4 Å². The van der Waals surface area contributed by atoms with Crippen LogP contribution in [-0.4, -0.2) is 15.4 Å². The number of rotatable bonds is 1. The Bertz CT molecular complexity index is 413. The Hall–Kier alpha value is -1.35. The zero-order valence-electron chi connectivity index (χ0n) is 7.22. The number of hydrogen-bond donors (Lipinski definition) is 1. The van der Waals surface area contributed by atoms with E-state index in [9.17, 15) is 0 Å². The highest BCUT2D eigenvalue weighted by Gasteiger charge is 2.36. The van der Waals surface area contributed by atoms with Gasteiger partial charge in [0.15, 0.2) is 0 Å². The molecule has 2 unspecified atom stereocenters. The van der Waals surface area contributed by atoms with Crippen molar-refractivity contribution in [2.45, 2.75) is 18.4 Å². The lowest BCUT2D eigenvalue weighted by Gasteiger charge is -1.86. The fraction of sp³-hybridized carbons (Fsp3) is 0.300. The van der Waals surface area contributed by atoms with Gasteiger partial charge in [-0.1, -0.05) is 6.07 Å². The second-order valence-corrected chi connectivity index (χ2v) is 3.64. The maximum Gasteiger partial charge on any atom is 0.136 e. The Morgan fingerprint density at radius 1 is 1.46 bits per heavy atom. The van der Waals surface area contributed by atoms with Crippen LogP contribution in [0.2, 0.25) is 0 Å². The van der Waals surface area contributed by atoms with E-state index < -0.39 is 0 Å². The van der Waals surface area contributed by atoms with Gasteiger partial charge in [-0.25, -0.2) is 4.98 Å². The van der Waals surface area contributed by atoms with Crippen LogP contribution >= 0.6 is 0 Å². The molecule has 3 heteroatoms. The quantitative estimate of drug-likeness (QED) is 0.703. The molecule has 0 spiro atoms. The summed E-state index contributed by atoms with van der Waals surface area (Å²) in [6, 6.07) is 6.35. The molecular weight excluding hydrogens is 162 g/mol. The van der Waals surface area contributed by atoms with Crippen LogP contribution in [0.25, 0.3) is 5.65 Å². The van der Waals surface area contributed by atoms with Crippen LogP contribution in [0.15, 0.2) is 30.6 Å².